The molecule has 0 aliphatic rings. The topological polar surface area (TPSA) is 20.2 Å². The lowest BCUT2D eigenvalue weighted by atomic mass is 10.00. The first-order valence-electron chi connectivity index (χ1n) is 5.40. The van der Waals surface area contributed by atoms with Crippen molar-refractivity contribution in [2.75, 3.05) is 0 Å². The number of hydrogen-bond acceptors (Lipinski definition) is 1. The van der Waals surface area contributed by atoms with Crippen LogP contribution in [0.5, 0.6) is 0 Å². The van der Waals surface area contributed by atoms with E-state index in [1.54, 1.807) is 0 Å². The van der Waals surface area contributed by atoms with Gasteiger partial charge in [-0.25, -0.2) is 0 Å². The Bertz CT molecular complexity index is 261. The van der Waals surface area contributed by atoms with Crippen LogP contribution in [0.3, 0.4) is 0 Å². The molecular weight excluding hydrogens is 172 g/mol. The van der Waals surface area contributed by atoms with E-state index in [1.165, 1.54) is 5.56 Å². The second kappa shape index (κ2) is 5.16. The summed E-state index contributed by atoms with van der Waals surface area (Å²) >= 11 is 0. The van der Waals surface area contributed by atoms with Crippen LogP contribution in [0.2, 0.25) is 0 Å². The van der Waals surface area contributed by atoms with Gasteiger partial charge < -0.3 is 5.11 Å². The smallest absolute Gasteiger partial charge is 0.0787 e. The predicted molar refractivity (Wildman–Crippen MR) is 60.2 cm³/mol. The minimum absolute atomic E-state index is 0.303. The van der Waals surface area contributed by atoms with Gasteiger partial charge >= 0.3 is 0 Å². The zero-order valence-corrected chi connectivity index (χ0v) is 9.33. The molecule has 1 N–H and O–H groups in total. The fourth-order valence-corrected chi connectivity index (χ4v) is 1.58. The van der Waals surface area contributed by atoms with Crippen molar-refractivity contribution in [2.24, 2.45) is 5.92 Å². The van der Waals surface area contributed by atoms with Gasteiger partial charge in [0.2, 0.25) is 0 Å². The van der Waals surface area contributed by atoms with E-state index in [4.69, 9.17) is 0 Å². The van der Waals surface area contributed by atoms with Gasteiger partial charge in [-0.15, -0.1) is 0 Å². The highest BCUT2D eigenvalue weighted by Crippen LogP contribution is 2.17. The lowest BCUT2D eigenvalue weighted by molar-refractivity contribution is 0.173. The number of rotatable bonds is 4. The van der Waals surface area contributed by atoms with Crippen LogP contribution in [0.25, 0.3) is 0 Å². The van der Waals surface area contributed by atoms with Gasteiger partial charge in [0.1, 0.15) is 0 Å². The number of aliphatic hydroxyl groups excluding tert-OH is 1. The molecule has 78 valence electrons. The zero-order chi connectivity index (χ0) is 10.6. The Labute approximate surface area is 86.8 Å². The van der Waals surface area contributed by atoms with Gasteiger partial charge in [0, 0.05) is 0 Å². The lowest BCUT2D eigenvalue weighted by Gasteiger charge is -2.09. The normalized spacial score (nSPS) is 13.2. The van der Waals surface area contributed by atoms with Crippen molar-refractivity contribution >= 4 is 0 Å². The SMILES string of the molecule is CC[C@H](O)c1ccc(CC(C)C)cc1. The summed E-state index contributed by atoms with van der Waals surface area (Å²) in [5, 5.41) is 9.60. The molecule has 0 bridgehead atoms. The molecule has 0 fully saturated rings. The molecule has 0 heterocycles. The van der Waals surface area contributed by atoms with Crippen LogP contribution in [0, 0.1) is 5.92 Å². The monoisotopic (exact) mass is 192 g/mol. The Morgan fingerprint density at radius 1 is 1.14 bits per heavy atom. The third-order valence-electron chi connectivity index (χ3n) is 2.40. The fourth-order valence-electron chi connectivity index (χ4n) is 1.58. The van der Waals surface area contributed by atoms with Crippen LogP contribution in [0.15, 0.2) is 24.3 Å². The minimum Gasteiger partial charge on any atom is -0.388 e. The summed E-state index contributed by atoms with van der Waals surface area (Å²) in [6.45, 7) is 6.43. The van der Waals surface area contributed by atoms with E-state index in [1.807, 2.05) is 19.1 Å². The van der Waals surface area contributed by atoms with Crippen molar-refractivity contribution in [1.29, 1.82) is 0 Å². The quantitative estimate of drug-likeness (QED) is 0.775. The van der Waals surface area contributed by atoms with Gasteiger partial charge in [-0.1, -0.05) is 45.0 Å². The van der Waals surface area contributed by atoms with Gasteiger partial charge in [0.05, 0.1) is 6.10 Å². The zero-order valence-electron chi connectivity index (χ0n) is 9.33. The van der Waals surface area contributed by atoms with Crippen LogP contribution >= 0.6 is 0 Å². The maximum Gasteiger partial charge on any atom is 0.0787 e. The first-order valence-corrected chi connectivity index (χ1v) is 5.40. The highest BCUT2D eigenvalue weighted by atomic mass is 16.3. The average Bonchev–Trinajstić information content (AvgIpc) is 2.17. The summed E-state index contributed by atoms with van der Waals surface area (Å²) in [6, 6.07) is 8.31. The van der Waals surface area contributed by atoms with Crippen molar-refractivity contribution in [3.05, 3.63) is 35.4 Å². The molecule has 0 aromatic heterocycles. The van der Waals surface area contributed by atoms with Crippen molar-refractivity contribution in [3.63, 3.8) is 0 Å². The Hall–Kier alpha value is -0.820. The number of benzene rings is 1. The summed E-state index contributed by atoms with van der Waals surface area (Å²) in [5.74, 6) is 0.692. The van der Waals surface area contributed by atoms with Crippen molar-refractivity contribution < 1.29 is 5.11 Å². The van der Waals surface area contributed by atoms with Crippen LogP contribution in [-0.4, -0.2) is 5.11 Å². The van der Waals surface area contributed by atoms with Gasteiger partial charge in [-0.2, -0.15) is 0 Å². The van der Waals surface area contributed by atoms with Crippen LogP contribution < -0.4 is 0 Å². The molecule has 0 aliphatic heterocycles. The highest BCUT2D eigenvalue weighted by molar-refractivity contribution is 5.24. The molecule has 0 unspecified atom stereocenters. The molecule has 1 atom stereocenters. The largest absolute Gasteiger partial charge is 0.388 e. The first-order chi connectivity index (χ1) is 6.63. The van der Waals surface area contributed by atoms with E-state index in [0.29, 0.717) is 5.92 Å². The second-order valence-corrected chi connectivity index (χ2v) is 4.26. The minimum atomic E-state index is -0.303. The fraction of sp³-hybridized carbons (Fsp3) is 0.538. The van der Waals surface area contributed by atoms with Crippen molar-refractivity contribution in [3.8, 4) is 0 Å². The molecule has 1 aromatic carbocycles. The maximum atomic E-state index is 9.60. The molecule has 1 nitrogen and oxygen atoms in total. The molecule has 0 amide bonds. The molecule has 1 heteroatoms. The molecule has 0 saturated heterocycles. The maximum absolute atomic E-state index is 9.60. The average molecular weight is 192 g/mol. The van der Waals surface area contributed by atoms with E-state index in [9.17, 15) is 5.11 Å². The second-order valence-electron chi connectivity index (χ2n) is 4.26. The van der Waals surface area contributed by atoms with Crippen molar-refractivity contribution in [1.82, 2.24) is 0 Å². The predicted octanol–water partition coefficient (Wildman–Crippen LogP) is 3.33. The highest BCUT2D eigenvalue weighted by Gasteiger charge is 2.04. The molecule has 1 rings (SSSR count). The summed E-state index contributed by atoms with van der Waals surface area (Å²) in [7, 11) is 0. The Morgan fingerprint density at radius 2 is 1.71 bits per heavy atom. The van der Waals surface area contributed by atoms with Crippen LogP contribution in [-0.2, 0) is 6.42 Å². The molecule has 1 aromatic rings. The van der Waals surface area contributed by atoms with E-state index in [-0.39, 0.29) is 6.10 Å². The molecular formula is C13H20O. The molecule has 0 aliphatic carbocycles. The summed E-state index contributed by atoms with van der Waals surface area (Å²) in [5.41, 5.74) is 2.38. The van der Waals surface area contributed by atoms with E-state index in [0.717, 1.165) is 18.4 Å². The van der Waals surface area contributed by atoms with E-state index >= 15 is 0 Å². The molecule has 0 spiro atoms. The summed E-state index contributed by atoms with van der Waals surface area (Å²) < 4.78 is 0. The van der Waals surface area contributed by atoms with Gasteiger partial charge in [0.15, 0.2) is 0 Å². The summed E-state index contributed by atoms with van der Waals surface area (Å²) in [6.07, 6.45) is 1.59. The van der Waals surface area contributed by atoms with Gasteiger partial charge in [-0.05, 0) is 29.9 Å². The van der Waals surface area contributed by atoms with E-state index in [2.05, 4.69) is 26.0 Å². The molecule has 0 saturated carbocycles. The standard InChI is InChI=1S/C13H20O/c1-4-13(14)12-7-5-11(6-8-12)9-10(2)3/h5-8,10,13-14H,4,9H2,1-3H3/t13-/m0/s1. The van der Waals surface area contributed by atoms with Gasteiger partial charge in [-0.3, -0.25) is 0 Å². The van der Waals surface area contributed by atoms with Gasteiger partial charge in [0.25, 0.3) is 0 Å². The van der Waals surface area contributed by atoms with Crippen LogP contribution in [0.4, 0.5) is 0 Å². The van der Waals surface area contributed by atoms with E-state index < -0.39 is 0 Å². The Morgan fingerprint density at radius 3 is 2.14 bits per heavy atom. The molecule has 0 radical (unpaired) electrons. The third-order valence-corrected chi connectivity index (χ3v) is 2.40. The van der Waals surface area contributed by atoms with Crippen molar-refractivity contribution in [2.45, 2.75) is 39.7 Å². The number of aliphatic hydroxyl groups is 1. The van der Waals surface area contributed by atoms with Crippen LogP contribution in [0.1, 0.15) is 44.4 Å². The Kier molecular flexibility index (Phi) is 4.15. The molecule has 14 heavy (non-hydrogen) atoms. The number of hydrogen-bond donors (Lipinski definition) is 1. The summed E-state index contributed by atoms with van der Waals surface area (Å²) in [4.78, 5) is 0. The lowest BCUT2D eigenvalue weighted by Crippen LogP contribution is -1.97. The third kappa shape index (κ3) is 3.15. The first kappa shape index (κ1) is 11.3. The Balaban J connectivity index is 2.68.